The molecule has 92 valence electrons. The second-order valence-corrected chi connectivity index (χ2v) is 5.01. The number of aromatic nitrogens is 1. The van der Waals surface area contributed by atoms with E-state index in [2.05, 4.69) is 4.98 Å². The van der Waals surface area contributed by atoms with Crippen LogP contribution in [-0.2, 0) is 0 Å². The summed E-state index contributed by atoms with van der Waals surface area (Å²) in [5.74, 6) is 0. The van der Waals surface area contributed by atoms with Crippen molar-refractivity contribution in [2.24, 2.45) is 0 Å². The SMILES string of the molecule is O=Cc1cnc(-c2ccc(Cl)c(Cl)c2Cl)c(Cl)c1. The van der Waals surface area contributed by atoms with Gasteiger partial charge in [0.1, 0.15) is 0 Å². The minimum Gasteiger partial charge on any atom is -0.298 e. The molecule has 0 amide bonds. The van der Waals surface area contributed by atoms with Crippen molar-refractivity contribution in [2.45, 2.75) is 0 Å². The molecule has 1 aromatic carbocycles. The molecule has 18 heavy (non-hydrogen) atoms. The average molecular weight is 321 g/mol. The number of carbonyl (C=O) groups excluding carboxylic acids is 1. The topological polar surface area (TPSA) is 30.0 Å². The maximum Gasteiger partial charge on any atom is 0.151 e. The predicted octanol–water partition coefficient (Wildman–Crippen LogP) is 5.17. The van der Waals surface area contributed by atoms with Crippen molar-refractivity contribution in [3.63, 3.8) is 0 Å². The van der Waals surface area contributed by atoms with Gasteiger partial charge in [0.15, 0.2) is 6.29 Å². The summed E-state index contributed by atoms with van der Waals surface area (Å²) in [6.45, 7) is 0. The van der Waals surface area contributed by atoms with Gasteiger partial charge < -0.3 is 0 Å². The van der Waals surface area contributed by atoms with Crippen molar-refractivity contribution >= 4 is 52.7 Å². The number of aldehydes is 1. The predicted molar refractivity (Wildman–Crippen MR) is 75.1 cm³/mol. The maximum atomic E-state index is 10.6. The highest BCUT2D eigenvalue weighted by atomic mass is 35.5. The first-order chi connectivity index (χ1) is 8.54. The average Bonchev–Trinajstić information content (AvgIpc) is 2.37. The Morgan fingerprint density at radius 3 is 2.33 bits per heavy atom. The molecule has 0 saturated carbocycles. The fraction of sp³-hybridized carbons (Fsp3) is 0. The largest absolute Gasteiger partial charge is 0.298 e. The Bertz CT molecular complexity index is 628. The Morgan fingerprint density at radius 2 is 1.72 bits per heavy atom. The van der Waals surface area contributed by atoms with Gasteiger partial charge >= 0.3 is 0 Å². The third kappa shape index (κ3) is 2.47. The summed E-state index contributed by atoms with van der Waals surface area (Å²) in [5, 5.41) is 1.19. The lowest BCUT2D eigenvalue weighted by atomic mass is 10.1. The zero-order valence-electron chi connectivity index (χ0n) is 8.75. The summed E-state index contributed by atoms with van der Waals surface area (Å²) in [6, 6.07) is 4.79. The molecule has 1 heterocycles. The standard InChI is InChI=1S/C12H5Cl4NO/c13-8-2-1-7(10(15)11(8)16)12-9(14)3-6(5-18)4-17-12/h1-5H. The summed E-state index contributed by atoms with van der Waals surface area (Å²) in [5.41, 5.74) is 1.40. The van der Waals surface area contributed by atoms with Crippen LogP contribution in [0.1, 0.15) is 10.4 Å². The Morgan fingerprint density at radius 1 is 1.00 bits per heavy atom. The van der Waals surface area contributed by atoms with E-state index in [9.17, 15) is 4.79 Å². The monoisotopic (exact) mass is 319 g/mol. The third-order valence-electron chi connectivity index (χ3n) is 2.29. The van der Waals surface area contributed by atoms with E-state index in [4.69, 9.17) is 46.4 Å². The normalized spacial score (nSPS) is 10.4. The highest BCUT2D eigenvalue weighted by molar-refractivity contribution is 6.49. The summed E-state index contributed by atoms with van der Waals surface area (Å²) in [6.07, 6.45) is 2.08. The van der Waals surface area contributed by atoms with E-state index in [0.717, 1.165) is 0 Å². The van der Waals surface area contributed by atoms with Crippen molar-refractivity contribution in [3.8, 4) is 11.3 Å². The zero-order valence-corrected chi connectivity index (χ0v) is 11.8. The highest BCUT2D eigenvalue weighted by Gasteiger charge is 2.14. The molecule has 0 aliphatic carbocycles. The van der Waals surface area contributed by atoms with Gasteiger partial charge in [0.2, 0.25) is 0 Å². The van der Waals surface area contributed by atoms with Crippen LogP contribution in [0.15, 0.2) is 24.4 Å². The van der Waals surface area contributed by atoms with Crippen LogP contribution in [0.2, 0.25) is 20.1 Å². The van der Waals surface area contributed by atoms with Crippen LogP contribution in [0, 0.1) is 0 Å². The lowest BCUT2D eigenvalue weighted by molar-refractivity contribution is 0.112. The van der Waals surface area contributed by atoms with Gasteiger partial charge in [-0.15, -0.1) is 0 Å². The first-order valence-electron chi connectivity index (χ1n) is 4.79. The maximum absolute atomic E-state index is 10.6. The van der Waals surface area contributed by atoms with Gasteiger partial charge in [-0.25, -0.2) is 0 Å². The number of hydrogen-bond acceptors (Lipinski definition) is 2. The van der Waals surface area contributed by atoms with Crippen molar-refractivity contribution in [1.29, 1.82) is 0 Å². The first kappa shape index (κ1) is 13.6. The van der Waals surface area contributed by atoms with Crippen LogP contribution < -0.4 is 0 Å². The Kier molecular flexibility index (Phi) is 4.13. The molecule has 0 bridgehead atoms. The Balaban J connectivity index is 2.62. The molecule has 0 spiro atoms. The molecular weight excluding hydrogens is 316 g/mol. The van der Waals surface area contributed by atoms with Crippen LogP contribution in [0.5, 0.6) is 0 Å². The summed E-state index contributed by atoms with van der Waals surface area (Å²) < 4.78 is 0. The molecule has 0 unspecified atom stereocenters. The molecule has 0 radical (unpaired) electrons. The number of nitrogens with zero attached hydrogens (tertiary/aromatic N) is 1. The van der Waals surface area contributed by atoms with Crippen LogP contribution in [0.25, 0.3) is 11.3 Å². The molecule has 0 atom stereocenters. The fourth-order valence-electron chi connectivity index (χ4n) is 1.42. The molecule has 2 aromatic rings. The number of halogens is 4. The van der Waals surface area contributed by atoms with E-state index < -0.39 is 0 Å². The van der Waals surface area contributed by atoms with E-state index in [1.165, 1.54) is 12.3 Å². The highest BCUT2D eigenvalue weighted by Crippen LogP contribution is 2.39. The number of benzene rings is 1. The Hall–Kier alpha value is -0.800. The number of hydrogen-bond donors (Lipinski definition) is 0. The second kappa shape index (κ2) is 5.45. The van der Waals surface area contributed by atoms with E-state index >= 15 is 0 Å². The van der Waals surface area contributed by atoms with Crippen molar-refractivity contribution in [2.75, 3.05) is 0 Å². The fourth-order valence-corrected chi connectivity index (χ4v) is 2.33. The van der Waals surface area contributed by atoms with E-state index in [1.807, 2.05) is 0 Å². The molecule has 0 aliphatic heterocycles. The molecule has 0 fully saturated rings. The third-order valence-corrected chi connectivity index (χ3v) is 3.87. The number of pyridine rings is 1. The Labute approximate surface area is 123 Å². The minimum atomic E-state index is 0.244. The minimum absolute atomic E-state index is 0.244. The zero-order chi connectivity index (χ0) is 13.3. The van der Waals surface area contributed by atoms with Gasteiger partial charge in [0.25, 0.3) is 0 Å². The van der Waals surface area contributed by atoms with Crippen LogP contribution >= 0.6 is 46.4 Å². The quantitative estimate of drug-likeness (QED) is 0.564. The smallest absolute Gasteiger partial charge is 0.151 e. The molecule has 1 aromatic heterocycles. The lowest BCUT2D eigenvalue weighted by Crippen LogP contribution is -1.90. The van der Waals surface area contributed by atoms with Gasteiger partial charge in [-0.1, -0.05) is 46.4 Å². The van der Waals surface area contributed by atoms with Gasteiger partial charge in [-0.3, -0.25) is 9.78 Å². The van der Waals surface area contributed by atoms with Crippen LogP contribution in [0.4, 0.5) is 0 Å². The van der Waals surface area contributed by atoms with E-state index in [1.54, 1.807) is 12.1 Å². The van der Waals surface area contributed by atoms with Gasteiger partial charge in [-0.2, -0.15) is 0 Å². The molecule has 0 aliphatic rings. The molecule has 0 saturated heterocycles. The summed E-state index contributed by atoms with van der Waals surface area (Å²) in [4.78, 5) is 14.7. The summed E-state index contributed by atoms with van der Waals surface area (Å²) in [7, 11) is 0. The molecule has 6 heteroatoms. The van der Waals surface area contributed by atoms with Crippen LogP contribution in [0.3, 0.4) is 0 Å². The van der Waals surface area contributed by atoms with Gasteiger partial charge in [0.05, 0.1) is 25.8 Å². The number of carbonyl (C=O) groups is 1. The molecule has 0 N–H and O–H groups in total. The van der Waals surface area contributed by atoms with E-state index in [-0.39, 0.29) is 10.0 Å². The molecular formula is C12H5Cl4NO. The van der Waals surface area contributed by atoms with Crippen LogP contribution in [-0.4, -0.2) is 11.3 Å². The first-order valence-corrected chi connectivity index (χ1v) is 6.30. The second-order valence-electron chi connectivity index (χ2n) is 3.44. The van der Waals surface area contributed by atoms with Gasteiger partial charge in [-0.05, 0) is 18.2 Å². The van der Waals surface area contributed by atoms with E-state index in [0.29, 0.717) is 33.2 Å². The molecule has 2 rings (SSSR count). The van der Waals surface area contributed by atoms with Crippen molar-refractivity contribution < 1.29 is 4.79 Å². The molecule has 2 nitrogen and oxygen atoms in total. The van der Waals surface area contributed by atoms with Crippen molar-refractivity contribution in [1.82, 2.24) is 4.98 Å². The lowest BCUT2D eigenvalue weighted by Gasteiger charge is -2.08. The van der Waals surface area contributed by atoms with Gasteiger partial charge in [0, 0.05) is 17.3 Å². The number of rotatable bonds is 2. The van der Waals surface area contributed by atoms with Crippen molar-refractivity contribution in [3.05, 3.63) is 50.0 Å². The summed E-state index contributed by atoms with van der Waals surface area (Å²) >= 11 is 23.9.